The number of para-hydroxylation sites is 1. The first-order chi connectivity index (χ1) is 14.5. The standard InChI is InChI=1S/C25H33ClN2O3/c1-17(2)21-9-7-8-10-22(21)31-16-23(29)28(15-19-11-13-20(26)14-12-19)18(3)24(30)27-25(4,5)6/h7-14,17-18H,15-16H2,1-6H3,(H,27,30)/t18-/m1/s1. The van der Waals surface area contributed by atoms with Crippen molar-refractivity contribution in [2.24, 2.45) is 0 Å². The Morgan fingerprint density at radius 2 is 1.65 bits per heavy atom. The molecule has 2 aromatic carbocycles. The second-order valence-electron chi connectivity index (χ2n) is 9.04. The predicted octanol–water partition coefficient (Wildman–Crippen LogP) is 5.17. The van der Waals surface area contributed by atoms with Crippen molar-refractivity contribution in [1.82, 2.24) is 10.2 Å². The Morgan fingerprint density at radius 3 is 2.23 bits per heavy atom. The third-order valence-corrected chi connectivity index (χ3v) is 5.08. The molecule has 2 aromatic rings. The zero-order valence-electron chi connectivity index (χ0n) is 19.2. The van der Waals surface area contributed by atoms with Crippen LogP contribution in [0.1, 0.15) is 58.6 Å². The van der Waals surface area contributed by atoms with Crippen LogP contribution in [-0.2, 0) is 16.1 Å². The van der Waals surface area contributed by atoms with Crippen LogP contribution in [0.25, 0.3) is 0 Å². The van der Waals surface area contributed by atoms with Crippen LogP contribution < -0.4 is 10.1 Å². The lowest BCUT2D eigenvalue weighted by Crippen LogP contribution is -2.53. The molecule has 168 valence electrons. The minimum atomic E-state index is -0.661. The van der Waals surface area contributed by atoms with E-state index in [0.717, 1.165) is 11.1 Å². The lowest BCUT2D eigenvalue weighted by Gasteiger charge is -2.31. The molecular weight excluding hydrogens is 412 g/mol. The molecule has 0 aliphatic rings. The van der Waals surface area contributed by atoms with E-state index >= 15 is 0 Å². The number of halogens is 1. The zero-order valence-corrected chi connectivity index (χ0v) is 20.0. The van der Waals surface area contributed by atoms with Gasteiger partial charge in [-0.1, -0.05) is 55.8 Å². The number of amides is 2. The minimum Gasteiger partial charge on any atom is -0.483 e. The molecule has 0 unspecified atom stereocenters. The van der Waals surface area contributed by atoms with Crippen molar-refractivity contribution < 1.29 is 14.3 Å². The molecular formula is C25H33ClN2O3. The zero-order chi connectivity index (χ0) is 23.2. The molecule has 0 radical (unpaired) electrons. The Labute approximate surface area is 190 Å². The van der Waals surface area contributed by atoms with Crippen LogP contribution in [0.3, 0.4) is 0 Å². The molecule has 31 heavy (non-hydrogen) atoms. The van der Waals surface area contributed by atoms with Crippen LogP contribution in [0.5, 0.6) is 5.75 Å². The number of rotatable bonds is 8. The van der Waals surface area contributed by atoms with E-state index < -0.39 is 11.6 Å². The highest BCUT2D eigenvalue weighted by Gasteiger charge is 2.28. The Morgan fingerprint density at radius 1 is 1.03 bits per heavy atom. The molecule has 1 N–H and O–H groups in total. The highest BCUT2D eigenvalue weighted by atomic mass is 35.5. The monoisotopic (exact) mass is 444 g/mol. The highest BCUT2D eigenvalue weighted by molar-refractivity contribution is 6.30. The largest absolute Gasteiger partial charge is 0.483 e. The number of carbonyl (C=O) groups is 2. The Hall–Kier alpha value is -2.53. The van der Waals surface area contributed by atoms with Crippen molar-refractivity contribution in [3.63, 3.8) is 0 Å². The van der Waals surface area contributed by atoms with Crippen LogP contribution in [0.2, 0.25) is 5.02 Å². The molecule has 0 aliphatic carbocycles. The first-order valence-electron chi connectivity index (χ1n) is 10.6. The van der Waals surface area contributed by atoms with E-state index in [0.29, 0.717) is 10.8 Å². The van der Waals surface area contributed by atoms with Crippen LogP contribution in [0.15, 0.2) is 48.5 Å². The van der Waals surface area contributed by atoms with Gasteiger partial charge in [0.25, 0.3) is 5.91 Å². The van der Waals surface area contributed by atoms with Crippen molar-refractivity contribution >= 4 is 23.4 Å². The third kappa shape index (κ3) is 7.59. The molecule has 6 heteroatoms. The van der Waals surface area contributed by atoms with Crippen molar-refractivity contribution in [3.8, 4) is 5.75 Å². The summed E-state index contributed by atoms with van der Waals surface area (Å²) in [6, 6.07) is 14.3. The maximum Gasteiger partial charge on any atom is 0.261 e. The molecule has 0 saturated carbocycles. The topological polar surface area (TPSA) is 58.6 Å². The van der Waals surface area contributed by atoms with Crippen molar-refractivity contribution in [2.75, 3.05) is 6.61 Å². The number of carbonyl (C=O) groups excluding carboxylic acids is 2. The second kappa shape index (κ2) is 10.7. The summed E-state index contributed by atoms with van der Waals surface area (Å²) in [5, 5.41) is 3.57. The summed E-state index contributed by atoms with van der Waals surface area (Å²) in [5.74, 6) is 0.486. The quantitative estimate of drug-likeness (QED) is 0.610. The Balaban J connectivity index is 2.21. The minimum absolute atomic E-state index is 0.148. The molecule has 0 heterocycles. The lowest BCUT2D eigenvalue weighted by molar-refractivity contribution is -0.142. The Bertz CT molecular complexity index is 888. The van der Waals surface area contributed by atoms with Gasteiger partial charge in [0.1, 0.15) is 11.8 Å². The van der Waals surface area contributed by atoms with Gasteiger partial charge in [0.05, 0.1) is 0 Å². The van der Waals surface area contributed by atoms with E-state index in [4.69, 9.17) is 16.3 Å². The van der Waals surface area contributed by atoms with Crippen molar-refractivity contribution in [2.45, 2.75) is 65.6 Å². The summed E-state index contributed by atoms with van der Waals surface area (Å²) in [7, 11) is 0. The summed E-state index contributed by atoms with van der Waals surface area (Å²) in [6.07, 6.45) is 0. The van der Waals surface area contributed by atoms with Gasteiger partial charge in [0, 0.05) is 17.1 Å². The van der Waals surface area contributed by atoms with Gasteiger partial charge in [-0.2, -0.15) is 0 Å². The van der Waals surface area contributed by atoms with Crippen LogP contribution in [-0.4, -0.2) is 34.9 Å². The molecule has 1 atom stereocenters. The molecule has 0 spiro atoms. The first kappa shape index (κ1) is 24.7. The summed E-state index contributed by atoms with van der Waals surface area (Å²) >= 11 is 5.99. The fourth-order valence-corrected chi connectivity index (χ4v) is 3.28. The van der Waals surface area contributed by atoms with E-state index in [2.05, 4.69) is 19.2 Å². The van der Waals surface area contributed by atoms with Crippen LogP contribution in [0, 0.1) is 0 Å². The third-order valence-electron chi connectivity index (χ3n) is 4.82. The van der Waals surface area contributed by atoms with Gasteiger partial charge in [0.15, 0.2) is 6.61 Å². The smallest absolute Gasteiger partial charge is 0.261 e. The van der Waals surface area contributed by atoms with Gasteiger partial charge < -0.3 is 15.0 Å². The molecule has 2 amide bonds. The maximum atomic E-state index is 13.2. The van der Waals surface area contributed by atoms with E-state index in [-0.39, 0.29) is 30.9 Å². The van der Waals surface area contributed by atoms with E-state index in [1.54, 1.807) is 24.0 Å². The van der Waals surface area contributed by atoms with Gasteiger partial charge in [-0.25, -0.2) is 0 Å². The second-order valence-corrected chi connectivity index (χ2v) is 9.48. The molecule has 0 saturated heterocycles. The lowest BCUT2D eigenvalue weighted by atomic mass is 10.0. The fraction of sp³-hybridized carbons (Fsp3) is 0.440. The predicted molar refractivity (Wildman–Crippen MR) is 125 cm³/mol. The summed E-state index contributed by atoms with van der Waals surface area (Å²) in [5.41, 5.74) is 1.53. The number of nitrogens with zero attached hydrogens (tertiary/aromatic N) is 1. The van der Waals surface area contributed by atoms with Crippen molar-refractivity contribution in [3.05, 3.63) is 64.7 Å². The number of hydrogen-bond donors (Lipinski definition) is 1. The fourth-order valence-electron chi connectivity index (χ4n) is 3.15. The first-order valence-corrected chi connectivity index (χ1v) is 10.9. The summed E-state index contributed by atoms with van der Waals surface area (Å²) in [6.45, 7) is 11.8. The van der Waals surface area contributed by atoms with Crippen LogP contribution in [0.4, 0.5) is 0 Å². The van der Waals surface area contributed by atoms with Gasteiger partial charge >= 0.3 is 0 Å². The van der Waals surface area contributed by atoms with Gasteiger partial charge in [0.2, 0.25) is 5.91 Å². The number of ether oxygens (including phenoxy) is 1. The summed E-state index contributed by atoms with van der Waals surface area (Å²) < 4.78 is 5.88. The number of hydrogen-bond acceptors (Lipinski definition) is 3. The Kier molecular flexibility index (Phi) is 8.52. The number of benzene rings is 2. The average molecular weight is 445 g/mol. The molecule has 0 aliphatic heterocycles. The van der Waals surface area contributed by atoms with E-state index in [1.165, 1.54) is 0 Å². The van der Waals surface area contributed by atoms with Crippen molar-refractivity contribution in [1.29, 1.82) is 0 Å². The van der Waals surface area contributed by atoms with E-state index in [9.17, 15) is 9.59 Å². The van der Waals surface area contributed by atoms with E-state index in [1.807, 2.05) is 57.2 Å². The number of nitrogens with one attached hydrogen (secondary N) is 1. The van der Waals surface area contributed by atoms with Gasteiger partial charge in [-0.3, -0.25) is 9.59 Å². The summed E-state index contributed by atoms with van der Waals surface area (Å²) in [4.78, 5) is 27.5. The highest BCUT2D eigenvalue weighted by Crippen LogP contribution is 2.26. The normalized spacial score (nSPS) is 12.4. The molecule has 0 aromatic heterocycles. The molecule has 2 rings (SSSR count). The average Bonchev–Trinajstić information content (AvgIpc) is 2.70. The molecule has 0 fully saturated rings. The molecule has 5 nitrogen and oxygen atoms in total. The van der Waals surface area contributed by atoms with Gasteiger partial charge in [-0.05, 0) is 62.9 Å². The molecule has 0 bridgehead atoms. The van der Waals surface area contributed by atoms with Crippen LogP contribution >= 0.6 is 11.6 Å². The SMILES string of the molecule is CC(C)c1ccccc1OCC(=O)N(Cc1ccc(Cl)cc1)[C@H](C)C(=O)NC(C)(C)C. The maximum absolute atomic E-state index is 13.2. The van der Waals surface area contributed by atoms with Gasteiger partial charge in [-0.15, -0.1) is 0 Å².